The van der Waals surface area contributed by atoms with E-state index in [0.29, 0.717) is 17.4 Å². The van der Waals surface area contributed by atoms with E-state index >= 15 is 0 Å². The van der Waals surface area contributed by atoms with Crippen LogP contribution in [-0.4, -0.2) is 39.5 Å². The zero-order valence-electron chi connectivity index (χ0n) is 14.7. The Morgan fingerprint density at radius 2 is 1.73 bits per heavy atom. The Labute approximate surface area is 159 Å². The maximum atomic E-state index is 13.2. The minimum Gasteiger partial charge on any atom is -0.497 e. The van der Waals surface area contributed by atoms with Crippen molar-refractivity contribution < 1.29 is 17.9 Å². The van der Waals surface area contributed by atoms with Gasteiger partial charge in [0, 0.05) is 17.5 Å². The summed E-state index contributed by atoms with van der Waals surface area (Å²) in [6.45, 7) is 2.51. The van der Waals surface area contributed by atoms with Gasteiger partial charge in [-0.3, -0.25) is 0 Å². The molecule has 3 rings (SSSR count). The van der Waals surface area contributed by atoms with Gasteiger partial charge in [0.05, 0.1) is 29.4 Å². The molecule has 3 unspecified atom stereocenters. The first-order valence-corrected chi connectivity index (χ1v) is 10.3. The fourth-order valence-corrected chi connectivity index (χ4v) is 5.83. The van der Waals surface area contributed by atoms with Crippen LogP contribution in [0.3, 0.4) is 0 Å². The lowest BCUT2D eigenvalue weighted by Crippen LogP contribution is -2.36. The number of sulfone groups is 1. The van der Waals surface area contributed by atoms with Crippen LogP contribution in [0.2, 0.25) is 5.02 Å². The lowest BCUT2D eigenvalue weighted by molar-refractivity contribution is 0.125. The summed E-state index contributed by atoms with van der Waals surface area (Å²) in [6, 6.07) is 13.5. The van der Waals surface area contributed by atoms with Crippen molar-refractivity contribution in [2.45, 2.75) is 28.5 Å². The van der Waals surface area contributed by atoms with Crippen LogP contribution in [0.5, 0.6) is 5.75 Å². The van der Waals surface area contributed by atoms with E-state index in [4.69, 9.17) is 26.8 Å². The fraction of sp³-hybridized carbons (Fsp3) is 0.368. The Balaban J connectivity index is 1.97. The van der Waals surface area contributed by atoms with Crippen molar-refractivity contribution in [3.63, 3.8) is 0 Å². The summed E-state index contributed by atoms with van der Waals surface area (Å²) >= 11 is 5.88. The Morgan fingerprint density at radius 3 is 2.27 bits per heavy atom. The van der Waals surface area contributed by atoms with E-state index in [1.807, 2.05) is 19.1 Å². The Bertz CT molecular complexity index is 867. The third-order valence-electron chi connectivity index (χ3n) is 4.81. The minimum absolute atomic E-state index is 0.178. The summed E-state index contributed by atoms with van der Waals surface area (Å²) in [7, 11) is -2.04. The predicted octanol–water partition coefficient (Wildman–Crippen LogP) is 3.02. The largest absolute Gasteiger partial charge is 0.497 e. The van der Waals surface area contributed by atoms with Gasteiger partial charge in [-0.05, 0) is 48.9 Å². The molecule has 0 bridgehead atoms. The highest BCUT2D eigenvalue weighted by Crippen LogP contribution is 2.56. The highest BCUT2D eigenvalue weighted by molar-refractivity contribution is 7.92. The number of benzene rings is 2. The van der Waals surface area contributed by atoms with Crippen LogP contribution in [0, 0.1) is 0 Å². The molecule has 1 aliphatic rings. The monoisotopic (exact) mass is 395 g/mol. The quantitative estimate of drug-likeness (QED) is 0.779. The van der Waals surface area contributed by atoms with Crippen LogP contribution in [-0.2, 0) is 14.6 Å². The maximum Gasteiger partial charge on any atom is 0.183 e. The van der Waals surface area contributed by atoms with Crippen LogP contribution >= 0.6 is 11.6 Å². The van der Waals surface area contributed by atoms with Crippen molar-refractivity contribution in [1.82, 2.24) is 0 Å². The van der Waals surface area contributed by atoms with Gasteiger partial charge in [-0.2, -0.15) is 0 Å². The van der Waals surface area contributed by atoms with Crippen molar-refractivity contribution in [1.29, 1.82) is 0 Å². The molecule has 2 N–H and O–H groups in total. The predicted molar refractivity (Wildman–Crippen MR) is 102 cm³/mol. The topological polar surface area (TPSA) is 78.6 Å². The average molecular weight is 396 g/mol. The Kier molecular flexibility index (Phi) is 5.30. The van der Waals surface area contributed by atoms with Crippen LogP contribution in [0.4, 0.5) is 0 Å². The summed E-state index contributed by atoms with van der Waals surface area (Å²) in [4.78, 5) is 0.217. The molecule has 0 amide bonds. The zero-order chi connectivity index (χ0) is 18.9. The molecule has 3 atom stereocenters. The van der Waals surface area contributed by atoms with Crippen LogP contribution < -0.4 is 10.5 Å². The summed E-state index contributed by atoms with van der Waals surface area (Å²) < 4.78 is 37.1. The highest BCUT2D eigenvalue weighted by Gasteiger charge is 2.69. The molecular formula is C19H22ClNO4S. The molecule has 0 heterocycles. The van der Waals surface area contributed by atoms with Gasteiger partial charge < -0.3 is 15.2 Å². The molecule has 0 aromatic heterocycles. The molecule has 0 saturated heterocycles. The number of halogens is 1. The molecule has 0 aliphatic heterocycles. The number of hydrogen-bond donors (Lipinski definition) is 1. The van der Waals surface area contributed by atoms with Gasteiger partial charge in [0.15, 0.2) is 9.84 Å². The zero-order valence-corrected chi connectivity index (χ0v) is 16.3. The molecule has 0 radical (unpaired) electrons. The number of methoxy groups -OCH3 is 1. The number of nitrogens with two attached hydrogens (primary N) is 1. The van der Waals surface area contributed by atoms with Gasteiger partial charge in [-0.25, -0.2) is 8.42 Å². The van der Waals surface area contributed by atoms with Gasteiger partial charge in [0.1, 0.15) is 5.75 Å². The number of hydrogen-bond acceptors (Lipinski definition) is 5. The standard InChI is InChI=1S/C19H22ClNO4S/c1-3-25-12-19(21)17(13-4-8-15(24-2)9-5-13)18(19)26(22,23)16-10-6-14(20)7-11-16/h4-11,17-18H,3,12,21H2,1-2H3. The lowest BCUT2D eigenvalue weighted by Gasteiger charge is -2.12. The first-order valence-electron chi connectivity index (χ1n) is 8.34. The molecule has 2 aromatic rings. The van der Waals surface area contributed by atoms with Crippen molar-refractivity contribution >= 4 is 21.4 Å². The molecule has 2 aromatic carbocycles. The second-order valence-corrected chi connectivity index (χ2v) is 8.93. The van der Waals surface area contributed by atoms with E-state index in [2.05, 4.69) is 0 Å². The minimum atomic E-state index is -3.63. The van der Waals surface area contributed by atoms with E-state index in [1.165, 1.54) is 12.1 Å². The smallest absolute Gasteiger partial charge is 0.183 e. The summed E-state index contributed by atoms with van der Waals surface area (Å²) in [5, 5.41) is -0.268. The molecule has 0 spiro atoms. The Morgan fingerprint density at radius 1 is 1.12 bits per heavy atom. The van der Waals surface area contributed by atoms with Crippen molar-refractivity contribution in [3.05, 3.63) is 59.1 Å². The number of ether oxygens (including phenoxy) is 2. The van der Waals surface area contributed by atoms with Gasteiger partial charge in [0.25, 0.3) is 0 Å². The maximum absolute atomic E-state index is 13.2. The van der Waals surface area contributed by atoms with Gasteiger partial charge in [0.2, 0.25) is 0 Å². The van der Waals surface area contributed by atoms with Crippen LogP contribution in [0.25, 0.3) is 0 Å². The molecule has 1 fully saturated rings. The van der Waals surface area contributed by atoms with Crippen molar-refractivity contribution in [2.75, 3.05) is 20.3 Å². The molecular weight excluding hydrogens is 374 g/mol. The van der Waals surface area contributed by atoms with Crippen molar-refractivity contribution in [3.8, 4) is 5.75 Å². The first-order chi connectivity index (χ1) is 12.3. The average Bonchev–Trinajstić information content (AvgIpc) is 3.27. The molecule has 1 aliphatic carbocycles. The third-order valence-corrected chi connectivity index (χ3v) is 7.37. The molecule has 7 heteroatoms. The SMILES string of the molecule is CCOCC1(N)C(c2ccc(OC)cc2)C1S(=O)(=O)c1ccc(Cl)cc1. The normalized spacial score (nSPS) is 25.1. The van der Waals surface area contributed by atoms with E-state index < -0.39 is 20.6 Å². The fourth-order valence-electron chi connectivity index (χ4n) is 3.41. The second-order valence-electron chi connectivity index (χ2n) is 6.42. The summed E-state index contributed by atoms with van der Waals surface area (Å²) in [5.74, 6) is 0.361. The van der Waals surface area contributed by atoms with E-state index in [-0.39, 0.29) is 17.4 Å². The lowest BCUT2D eigenvalue weighted by atomic mass is 10.1. The number of rotatable bonds is 7. The van der Waals surface area contributed by atoms with E-state index in [0.717, 1.165) is 5.56 Å². The van der Waals surface area contributed by atoms with E-state index in [9.17, 15) is 8.42 Å². The van der Waals surface area contributed by atoms with Gasteiger partial charge in [-0.1, -0.05) is 23.7 Å². The molecule has 1 saturated carbocycles. The molecule has 5 nitrogen and oxygen atoms in total. The van der Waals surface area contributed by atoms with Crippen LogP contribution in [0.1, 0.15) is 18.4 Å². The molecule has 26 heavy (non-hydrogen) atoms. The molecule has 140 valence electrons. The summed E-state index contributed by atoms with van der Waals surface area (Å²) in [6.07, 6.45) is 0. The first kappa shape index (κ1) is 19.2. The van der Waals surface area contributed by atoms with Gasteiger partial charge in [-0.15, -0.1) is 0 Å². The van der Waals surface area contributed by atoms with Crippen LogP contribution in [0.15, 0.2) is 53.4 Å². The van der Waals surface area contributed by atoms with Crippen molar-refractivity contribution in [2.24, 2.45) is 5.73 Å². The van der Waals surface area contributed by atoms with Gasteiger partial charge >= 0.3 is 0 Å². The second kappa shape index (κ2) is 7.19. The van der Waals surface area contributed by atoms with E-state index in [1.54, 1.807) is 31.4 Å². The Hall–Kier alpha value is -1.60. The third kappa shape index (κ3) is 3.34. The highest BCUT2D eigenvalue weighted by atomic mass is 35.5. The summed E-state index contributed by atoms with van der Waals surface area (Å²) in [5.41, 5.74) is 6.40.